The van der Waals surface area contributed by atoms with E-state index < -0.39 is 11.8 Å². The topological polar surface area (TPSA) is 26.3 Å². The van der Waals surface area contributed by atoms with Crippen LogP contribution in [-0.4, -0.2) is 12.1 Å². The maximum atomic E-state index is 12.3. The van der Waals surface area contributed by atoms with Crippen LogP contribution in [0.15, 0.2) is 24.3 Å². The molecular formula is C13H15F3O2. The second-order valence-corrected chi connectivity index (χ2v) is 4.81. The van der Waals surface area contributed by atoms with Crippen molar-refractivity contribution in [1.29, 1.82) is 0 Å². The highest BCUT2D eigenvalue weighted by Crippen LogP contribution is 2.36. The molecule has 0 aliphatic heterocycles. The zero-order valence-corrected chi connectivity index (χ0v) is 10.5. The lowest BCUT2D eigenvalue weighted by molar-refractivity contribution is -0.275. The van der Waals surface area contributed by atoms with Gasteiger partial charge < -0.3 is 4.74 Å². The third kappa shape index (κ3) is 4.05. The third-order valence-corrected chi connectivity index (χ3v) is 2.53. The summed E-state index contributed by atoms with van der Waals surface area (Å²) in [5, 5.41) is 0. The largest absolute Gasteiger partial charge is 0.573 e. The smallest absolute Gasteiger partial charge is 0.405 e. The maximum Gasteiger partial charge on any atom is 0.573 e. The minimum absolute atomic E-state index is 0.0817. The van der Waals surface area contributed by atoms with Crippen LogP contribution in [0, 0.1) is 0 Å². The summed E-state index contributed by atoms with van der Waals surface area (Å²) in [6.07, 6.45) is -4.58. The van der Waals surface area contributed by atoms with Crippen LogP contribution in [0.2, 0.25) is 0 Å². The standard InChI is InChI=1S/C13H15F3O2/c1-9(17)8-12(2,3)10-6-4-5-7-11(10)18-13(14,15)16/h4-7H,8H2,1-3H3. The van der Waals surface area contributed by atoms with E-state index in [9.17, 15) is 18.0 Å². The minimum atomic E-state index is -4.73. The van der Waals surface area contributed by atoms with E-state index in [1.54, 1.807) is 26.0 Å². The summed E-state index contributed by atoms with van der Waals surface area (Å²) >= 11 is 0. The SMILES string of the molecule is CC(=O)CC(C)(C)c1ccccc1OC(F)(F)F. The Balaban J connectivity index is 3.12. The first-order valence-corrected chi connectivity index (χ1v) is 5.46. The van der Waals surface area contributed by atoms with Crippen molar-refractivity contribution in [3.05, 3.63) is 29.8 Å². The van der Waals surface area contributed by atoms with Crippen LogP contribution in [0.25, 0.3) is 0 Å². The first-order chi connectivity index (χ1) is 8.12. The molecule has 100 valence electrons. The molecule has 0 heterocycles. The Morgan fingerprint density at radius 1 is 1.22 bits per heavy atom. The number of para-hydroxylation sites is 1. The van der Waals surface area contributed by atoms with Crippen molar-refractivity contribution in [2.45, 2.75) is 39.0 Å². The molecule has 0 N–H and O–H groups in total. The van der Waals surface area contributed by atoms with E-state index in [0.717, 1.165) is 0 Å². The Kier molecular flexibility index (Phi) is 4.04. The Hall–Kier alpha value is -1.52. The number of hydrogen-bond donors (Lipinski definition) is 0. The molecule has 1 rings (SSSR count). The Morgan fingerprint density at radius 2 is 1.78 bits per heavy atom. The maximum absolute atomic E-state index is 12.3. The van der Waals surface area contributed by atoms with E-state index in [4.69, 9.17) is 0 Å². The van der Waals surface area contributed by atoms with Gasteiger partial charge in [-0.15, -0.1) is 13.2 Å². The normalized spacial score (nSPS) is 12.3. The zero-order chi connectivity index (χ0) is 14.0. The average Bonchev–Trinajstić information content (AvgIpc) is 2.13. The number of alkyl halides is 3. The summed E-state index contributed by atoms with van der Waals surface area (Å²) in [5.41, 5.74) is -0.328. The van der Waals surface area contributed by atoms with Gasteiger partial charge in [-0.3, -0.25) is 4.79 Å². The number of ether oxygens (including phenoxy) is 1. The molecule has 0 radical (unpaired) electrons. The van der Waals surface area contributed by atoms with Crippen LogP contribution < -0.4 is 4.74 Å². The molecule has 0 amide bonds. The highest BCUT2D eigenvalue weighted by Gasteiger charge is 2.34. The van der Waals surface area contributed by atoms with Crippen molar-refractivity contribution in [2.24, 2.45) is 0 Å². The molecule has 1 aromatic rings. The van der Waals surface area contributed by atoms with E-state index in [1.807, 2.05) is 0 Å². The molecule has 0 saturated heterocycles. The molecule has 0 aromatic heterocycles. The van der Waals surface area contributed by atoms with Crippen molar-refractivity contribution < 1.29 is 22.7 Å². The molecule has 0 aliphatic rings. The predicted molar refractivity (Wildman–Crippen MR) is 61.4 cm³/mol. The Morgan fingerprint density at radius 3 is 2.28 bits per heavy atom. The van der Waals surface area contributed by atoms with E-state index in [1.165, 1.54) is 19.1 Å². The summed E-state index contributed by atoms with van der Waals surface area (Å²) in [5.74, 6) is -0.335. The van der Waals surface area contributed by atoms with E-state index in [0.29, 0.717) is 5.56 Å². The van der Waals surface area contributed by atoms with E-state index >= 15 is 0 Å². The summed E-state index contributed by atoms with van der Waals surface area (Å²) in [7, 11) is 0. The lowest BCUT2D eigenvalue weighted by Crippen LogP contribution is -2.24. The van der Waals surface area contributed by atoms with Crippen molar-refractivity contribution >= 4 is 5.78 Å². The van der Waals surface area contributed by atoms with Gasteiger partial charge in [-0.25, -0.2) is 0 Å². The molecular weight excluding hydrogens is 245 g/mol. The fourth-order valence-electron chi connectivity index (χ4n) is 1.96. The van der Waals surface area contributed by atoms with Gasteiger partial charge in [0.15, 0.2) is 0 Å². The number of carbonyl (C=O) groups is 1. The quantitative estimate of drug-likeness (QED) is 0.822. The van der Waals surface area contributed by atoms with Gasteiger partial charge in [0.1, 0.15) is 11.5 Å². The molecule has 0 atom stereocenters. The van der Waals surface area contributed by atoms with Gasteiger partial charge in [0.2, 0.25) is 0 Å². The predicted octanol–water partition coefficient (Wildman–Crippen LogP) is 3.84. The molecule has 1 aromatic carbocycles. The monoisotopic (exact) mass is 260 g/mol. The van der Waals surface area contributed by atoms with Gasteiger partial charge >= 0.3 is 6.36 Å². The van der Waals surface area contributed by atoms with Crippen LogP contribution in [0.3, 0.4) is 0 Å². The van der Waals surface area contributed by atoms with Crippen molar-refractivity contribution in [3.8, 4) is 5.75 Å². The highest BCUT2D eigenvalue weighted by atomic mass is 19.4. The Labute approximate surface area is 104 Å². The lowest BCUT2D eigenvalue weighted by Gasteiger charge is -2.26. The Bertz CT molecular complexity index is 436. The molecule has 0 saturated carbocycles. The fourth-order valence-corrected chi connectivity index (χ4v) is 1.96. The summed E-state index contributed by atoms with van der Waals surface area (Å²) in [6, 6.07) is 5.89. The van der Waals surface area contributed by atoms with Crippen LogP contribution in [0.1, 0.15) is 32.8 Å². The highest BCUT2D eigenvalue weighted by molar-refractivity contribution is 5.77. The zero-order valence-electron chi connectivity index (χ0n) is 10.5. The first-order valence-electron chi connectivity index (χ1n) is 5.46. The lowest BCUT2D eigenvalue weighted by atomic mass is 9.80. The number of halogens is 3. The van der Waals surface area contributed by atoms with Crippen molar-refractivity contribution in [1.82, 2.24) is 0 Å². The van der Waals surface area contributed by atoms with Crippen molar-refractivity contribution in [2.75, 3.05) is 0 Å². The summed E-state index contributed by atoms with van der Waals surface area (Å²) in [6.45, 7) is 4.84. The van der Waals surface area contributed by atoms with Gasteiger partial charge in [0.05, 0.1) is 0 Å². The number of benzene rings is 1. The average molecular weight is 260 g/mol. The second kappa shape index (κ2) is 5.00. The van der Waals surface area contributed by atoms with Gasteiger partial charge in [0, 0.05) is 17.4 Å². The number of carbonyl (C=O) groups excluding carboxylic acids is 1. The number of Topliss-reactive ketones (excluding diaryl/α,β-unsaturated/α-hetero) is 1. The molecule has 0 bridgehead atoms. The van der Waals surface area contributed by atoms with E-state index in [2.05, 4.69) is 4.74 Å². The summed E-state index contributed by atoms with van der Waals surface area (Å²) < 4.78 is 40.8. The minimum Gasteiger partial charge on any atom is -0.405 e. The number of ketones is 1. The van der Waals surface area contributed by atoms with Crippen LogP contribution in [-0.2, 0) is 10.2 Å². The molecule has 0 fully saturated rings. The molecule has 0 spiro atoms. The number of rotatable bonds is 4. The number of hydrogen-bond acceptors (Lipinski definition) is 2. The first kappa shape index (κ1) is 14.5. The van der Waals surface area contributed by atoms with Crippen molar-refractivity contribution in [3.63, 3.8) is 0 Å². The second-order valence-electron chi connectivity index (χ2n) is 4.81. The van der Waals surface area contributed by atoms with Gasteiger partial charge in [0.25, 0.3) is 0 Å². The molecule has 0 aliphatic carbocycles. The van der Waals surface area contributed by atoms with Gasteiger partial charge in [-0.2, -0.15) is 0 Å². The van der Waals surface area contributed by atoms with Crippen LogP contribution in [0.4, 0.5) is 13.2 Å². The molecule has 5 heteroatoms. The van der Waals surface area contributed by atoms with Crippen LogP contribution in [0.5, 0.6) is 5.75 Å². The molecule has 2 nitrogen and oxygen atoms in total. The third-order valence-electron chi connectivity index (χ3n) is 2.53. The van der Waals surface area contributed by atoms with Gasteiger partial charge in [-0.1, -0.05) is 32.0 Å². The molecule has 0 unspecified atom stereocenters. The van der Waals surface area contributed by atoms with E-state index in [-0.39, 0.29) is 18.0 Å². The van der Waals surface area contributed by atoms with Gasteiger partial charge in [-0.05, 0) is 13.0 Å². The van der Waals surface area contributed by atoms with Crippen LogP contribution >= 0.6 is 0 Å². The fraction of sp³-hybridized carbons (Fsp3) is 0.462. The molecule has 18 heavy (non-hydrogen) atoms. The summed E-state index contributed by atoms with van der Waals surface area (Å²) in [4.78, 5) is 11.2.